The molecule has 2 aromatic carbocycles. The van der Waals surface area contributed by atoms with E-state index in [9.17, 15) is 5.11 Å². The number of phenols is 1. The molecule has 94 valence electrons. The minimum Gasteiger partial charge on any atom is -0.506 e. The second-order valence-electron chi connectivity index (χ2n) is 4.48. The van der Waals surface area contributed by atoms with Gasteiger partial charge in [-0.05, 0) is 36.8 Å². The molecule has 18 heavy (non-hydrogen) atoms. The lowest BCUT2D eigenvalue weighted by molar-refractivity contribution is 0.475. The molecule has 0 aliphatic rings. The van der Waals surface area contributed by atoms with Crippen molar-refractivity contribution in [3.8, 4) is 5.75 Å². The van der Waals surface area contributed by atoms with Crippen molar-refractivity contribution in [2.75, 3.05) is 11.9 Å². The molecule has 0 saturated carbocycles. The van der Waals surface area contributed by atoms with E-state index in [-0.39, 0.29) is 5.75 Å². The SMILES string of the molecule is Cc1ccc(N(C)Cc2ccc(O)c(Cl)c2)cc1. The molecule has 0 unspecified atom stereocenters. The topological polar surface area (TPSA) is 23.5 Å². The van der Waals surface area contributed by atoms with Gasteiger partial charge in [0.15, 0.2) is 0 Å². The van der Waals surface area contributed by atoms with Gasteiger partial charge in [0.05, 0.1) is 5.02 Å². The van der Waals surface area contributed by atoms with Crippen LogP contribution in [0.1, 0.15) is 11.1 Å². The number of rotatable bonds is 3. The van der Waals surface area contributed by atoms with E-state index < -0.39 is 0 Å². The van der Waals surface area contributed by atoms with Crippen LogP contribution in [0, 0.1) is 6.92 Å². The summed E-state index contributed by atoms with van der Waals surface area (Å²) >= 11 is 5.90. The zero-order valence-electron chi connectivity index (χ0n) is 10.5. The largest absolute Gasteiger partial charge is 0.506 e. The number of phenolic OH excluding ortho intramolecular Hbond substituents is 1. The summed E-state index contributed by atoms with van der Waals surface area (Å²) in [6, 6.07) is 13.7. The van der Waals surface area contributed by atoms with Crippen molar-refractivity contribution >= 4 is 17.3 Å². The summed E-state index contributed by atoms with van der Waals surface area (Å²) in [7, 11) is 2.03. The number of nitrogens with zero attached hydrogens (tertiary/aromatic N) is 1. The van der Waals surface area contributed by atoms with E-state index in [2.05, 4.69) is 36.1 Å². The van der Waals surface area contributed by atoms with Gasteiger partial charge in [-0.2, -0.15) is 0 Å². The highest BCUT2D eigenvalue weighted by molar-refractivity contribution is 6.32. The van der Waals surface area contributed by atoms with Gasteiger partial charge < -0.3 is 10.0 Å². The molecule has 2 aromatic rings. The molecular weight excluding hydrogens is 246 g/mol. The smallest absolute Gasteiger partial charge is 0.134 e. The average molecular weight is 262 g/mol. The number of benzene rings is 2. The molecule has 0 aliphatic carbocycles. The van der Waals surface area contributed by atoms with Gasteiger partial charge in [0.25, 0.3) is 0 Å². The summed E-state index contributed by atoms with van der Waals surface area (Å²) in [6.45, 7) is 2.83. The number of aromatic hydroxyl groups is 1. The van der Waals surface area contributed by atoms with Crippen molar-refractivity contribution in [3.63, 3.8) is 0 Å². The second kappa shape index (κ2) is 5.32. The third-order valence-electron chi connectivity index (χ3n) is 2.91. The molecule has 0 bridgehead atoms. The predicted molar refractivity (Wildman–Crippen MR) is 76.4 cm³/mol. The third kappa shape index (κ3) is 2.96. The van der Waals surface area contributed by atoms with Crippen molar-refractivity contribution in [1.29, 1.82) is 0 Å². The Morgan fingerprint density at radius 1 is 1.11 bits per heavy atom. The minimum atomic E-state index is 0.124. The monoisotopic (exact) mass is 261 g/mol. The van der Waals surface area contributed by atoms with Crippen LogP contribution < -0.4 is 4.90 Å². The highest BCUT2D eigenvalue weighted by Gasteiger charge is 2.04. The summed E-state index contributed by atoms with van der Waals surface area (Å²) in [5, 5.41) is 9.77. The molecule has 0 aliphatic heterocycles. The molecule has 0 heterocycles. The fraction of sp³-hybridized carbons (Fsp3) is 0.200. The van der Waals surface area contributed by atoms with E-state index in [1.54, 1.807) is 12.1 Å². The number of aryl methyl sites for hydroxylation is 1. The van der Waals surface area contributed by atoms with Gasteiger partial charge in [0, 0.05) is 19.3 Å². The standard InChI is InChI=1S/C15H16ClNO/c1-11-3-6-13(7-4-11)17(2)10-12-5-8-15(18)14(16)9-12/h3-9,18H,10H2,1-2H3. The highest BCUT2D eigenvalue weighted by Crippen LogP contribution is 2.25. The molecule has 2 nitrogen and oxygen atoms in total. The van der Waals surface area contributed by atoms with Crippen molar-refractivity contribution in [1.82, 2.24) is 0 Å². The van der Waals surface area contributed by atoms with Crippen LogP contribution in [-0.4, -0.2) is 12.2 Å². The predicted octanol–water partition coefficient (Wildman–Crippen LogP) is 3.99. The first-order valence-electron chi connectivity index (χ1n) is 5.81. The van der Waals surface area contributed by atoms with E-state index in [1.165, 1.54) is 5.56 Å². The van der Waals surface area contributed by atoms with Crippen LogP contribution in [0.15, 0.2) is 42.5 Å². The Balaban J connectivity index is 2.13. The van der Waals surface area contributed by atoms with Crippen molar-refractivity contribution in [2.45, 2.75) is 13.5 Å². The summed E-state index contributed by atoms with van der Waals surface area (Å²) in [6.07, 6.45) is 0. The number of anilines is 1. The molecule has 0 atom stereocenters. The van der Waals surface area contributed by atoms with Crippen LogP contribution in [0.3, 0.4) is 0 Å². The lowest BCUT2D eigenvalue weighted by atomic mass is 10.2. The van der Waals surface area contributed by atoms with E-state index >= 15 is 0 Å². The Bertz CT molecular complexity index is 537. The summed E-state index contributed by atoms with van der Waals surface area (Å²) < 4.78 is 0. The molecule has 1 N–H and O–H groups in total. The number of halogens is 1. The molecule has 0 spiro atoms. The molecule has 0 amide bonds. The van der Waals surface area contributed by atoms with Gasteiger partial charge in [-0.25, -0.2) is 0 Å². The lowest BCUT2D eigenvalue weighted by Crippen LogP contribution is -2.16. The molecule has 0 fully saturated rings. The lowest BCUT2D eigenvalue weighted by Gasteiger charge is -2.19. The Morgan fingerprint density at radius 3 is 2.39 bits per heavy atom. The van der Waals surface area contributed by atoms with Crippen LogP contribution in [0.25, 0.3) is 0 Å². The Hall–Kier alpha value is -1.67. The van der Waals surface area contributed by atoms with Crippen LogP contribution in [0.4, 0.5) is 5.69 Å². The van der Waals surface area contributed by atoms with Gasteiger partial charge in [-0.1, -0.05) is 35.4 Å². The van der Waals surface area contributed by atoms with E-state index in [0.717, 1.165) is 17.8 Å². The van der Waals surface area contributed by atoms with E-state index in [0.29, 0.717) is 5.02 Å². The normalized spacial score (nSPS) is 10.4. The molecule has 2 rings (SSSR count). The molecule has 0 saturated heterocycles. The summed E-state index contributed by atoms with van der Waals surface area (Å²) in [5.41, 5.74) is 3.48. The molecule has 0 aromatic heterocycles. The third-order valence-corrected chi connectivity index (χ3v) is 3.21. The Kier molecular flexibility index (Phi) is 3.78. The average Bonchev–Trinajstić information content (AvgIpc) is 2.34. The van der Waals surface area contributed by atoms with E-state index in [4.69, 9.17) is 11.6 Å². The first-order valence-corrected chi connectivity index (χ1v) is 6.19. The highest BCUT2D eigenvalue weighted by atomic mass is 35.5. The summed E-state index contributed by atoms with van der Waals surface area (Å²) in [4.78, 5) is 2.14. The Labute approximate surface area is 112 Å². The maximum atomic E-state index is 9.38. The van der Waals surface area contributed by atoms with Crippen LogP contribution >= 0.6 is 11.6 Å². The zero-order valence-corrected chi connectivity index (χ0v) is 11.3. The quantitative estimate of drug-likeness (QED) is 0.903. The van der Waals surface area contributed by atoms with E-state index in [1.807, 2.05) is 13.1 Å². The van der Waals surface area contributed by atoms with Gasteiger partial charge in [-0.3, -0.25) is 0 Å². The van der Waals surface area contributed by atoms with Crippen molar-refractivity contribution in [3.05, 3.63) is 58.6 Å². The molecule has 0 radical (unpaired) electrons. The zero-order chi connectivity index (χ0) is 13.1. The maximum absolute atomic E-state index is 9.38. The van der Waals surface area contributed by atoms with Crippen molar-refractivity contribution < 1.29 is 5.11 Å². The number of hydrogen-bond acceptors (Lipinski definition) is 2. The second-order valence-corrected chi connectivity index (χ2v) is 4.88. The van der Waals surface area contributed by atoms with Crippen LogP contribution in [0.5, 0.6) is 5.75 Å². The van der Waals surface area contributed by atoms with Gasteiger partial charge in [0.1, 0.15) is 5.75 Å². The van der Waals surface area contributed by atoms with Gasteiger partial charge >= 0.3 is 0 Å². The summed E-state index contributed by atoms with van der Waals surface area (Å²) in [5.74, 6) is 0.124. The van der Waals surface area contributed by atoms with Gasteiger partial charge in [-0.15, -0.1) is 0 Å². The molecular formula is C15H16ClNO. The van der Waals surface area contributed by atoms with Crippen LogP contribution in [0.2, 0.25) is 5.02 Å². The van der Waals surface area contributed by atoms with Gasteiger partial charge in [0.2, 0.25) is 0 Å². The number of hydrogen-bond donors (Lipinski definition) is 1. The Morgan fingerprint density at radius 2 is 1.78 bits per heavy atom. The maximum Gasteiger partial charge on any atom is 0.134 e. The minimum absolute atomic E-state index is 0.124. The first-order chi connectivity index (χ1) is 8.56. The van der Waals surface area contributed by atoms with Crippen LogP contribution in [-0.2, 0) is 6.54 Å². The fourth-order valence-electron chi connectivity index (χ4n) is 1.81. The van der Waals surface area contributed by atoms with Crippen molar-refractivity contribution in [2.24, 2.45) is 0 Å². The first kappa shape index (κ1) is 12.8. The molecule has 3 heteroatoms. The fourth-order valence-corrected chi connectivity index (χ4v) is 2.02.